The maximum absolute atomic E-state index is 11.4. The van der Waals surface area contributed by atoms with Crippen molar-refractivity contribution in [1.82, 2.24) is 25.3 Å². The first-order valence-electron chi connectivity index (χ1n) is 7.20. The van der Waals surface area contributed by atoms with Crippen LogP contribution >= 0.6 is 0 Å². The fourth-order valence-corrected chi connectivity index (χ4v) is 1.86. The van der Waals surface area contributed by atoms with Gasteiger partial charge in [-0.1, -0.05) is 6.92 Å². The molecule has 0 fully saturated rings. The number of hydrogen-bond acceptors (Lipinski definition) is 6. The fourth-order valence-electron chi connectivity index (χ4n) is 1.86. The molecule has 8 heteroatoms. The second kappa shape index (κ2) is 7.41. The molecule has 8 nitrogen and oxygen atoms in total. The van der Waals surface area contributed by atoms with Crippen molar-refractivity contribution in [3.8, 4) is 0 Å². The predicted molar refractivity (Wildman–Crippen MR) is 82.3 cm³/mol. The van der Waals surface area contributed by atoms with E-state index in [9.17, 15) is 4.79 Å². The maximum atomic E-state index is 11.4. The van der Waals surface area contributed by atoms with Crippen LogP contribution in [-0.2, 0) is 4.79 Å². The Morgan fingerprint density at radius 2 is 2.10 bits per heavy atom. The molecule has 0 spiro atoms. The van der Waals surface area contributed by atoms with Crippen molar-refractivity contribution in [2.24, 2.45) is 0 Å². The highest BCUT2D eigenvalue weighted by molar-refractivity contribution is 5.84. The lowest BCUT2D eigenvalue weighted by molar-refractivity contribution is -0.120. The zero-order chi connectivity index (χ0) is 15.1. The summed E-state index contributed by atoms with van der Waals surface area (Å²) in [5, 5.41) is 9.06. The van der Waals surface area contributed by atoms with E-state index in [2.05, 4.69) is 42.8 Å². The van der Waals surface area contributed by atoms with Crippen LogP contribution in [0.25, 0.3) is 11.2 Å². The molecule has 2 rings (SSSR count). The lowest BCUT2D eigenvalue weighted by atomic mass is 10.4. The van der Waals surface area contributed by atoms with Gasteiger partial charge in [0.25, 0.3) is 0 Å². The van der Waals surface area contributed by atoms with Crippen LogP contribution in [0.15, 0.2) is 6.33 Å². The normalized spacial score (nSPS) is 10.6. The Kier molecular flexibility index (Phi) is 5.30. The van der Waals surface area contributed by atoms with Crippen LogP contribution in [0.2, 0.25) is 0 Å². The van der Waals surface area contributed by atoms with E-state index in [-0.39, 0.29) is 5.91 Å². The zero-order valence-electron chi connectivity index (χ0n) is 12.4. The van der Waals surface area contributed by atoms with Gasteiger partial charge in [0.1, 0.15) is 5.52 Å². The minimum absolute atomic E-state index is 0.0178. The Labute approximate surface area is 123 Å². The molecular formula is C13H21N7O. The number of nitrogens with one attached hydrogen (secondary N) is 4. The highest BCUT2D eigenvalue weighted by Gasteiger charge is 2.10. The quantitative estimate of drug-likeness (QED) is 0.580. The zero-order valence-corrected chi connectivity index (χ0v) is 12.4. The number of anilines is 2. The molecule has 0 aliphatic carbocycles. The Bertz CT molecular complexity index is 595. The van der Waals surface area contributed by atoms with E-state index in [1.54, 1.807) is 6.33 Å². The van der Waals surface area contributed by atoms with Crippen LogP contribution in [0.5, 0.6) is 0 Å². The minimum Gasteiger partial charge on any atom is -0.368 e. The fraction of sp³-hybridized carbons (Fsp3) is 0.538. The van der Waals surface area contributed by atoms with Crippen molar-refractivity contribution in [2.75, 3.05) is 30.3 Å². The van der Waals surface area contributed by atoms with Crippen molar-refractivity contribution in [1.29, 1.82) is 0 Å². The van der Waals surface area contributed by atoms with Crippen LogP contribution in [0.3, 0.4) is 0 Å². The molecule has 1 amide bonds. The third-order valence-electron chi connectivity index (χ3n) is 2.84. The second-order valence-corrected chi connectivity index (χ2v) is 4.55. The van der Waals surface area contributed by atoms with Crippen molar-refractivity contribution in [3.63, 3.8) is 0 Å². The van der Waals surface area contributed by atoms with Gasteiger partial charge in [-0.15, -0.1) is 0 Å². The number of rotatable bonds is 8. The summed E-state index contributed by atoms with van der Waals surface area (Å²) >= 11 is 0. The summed E-state index contributed by atoms with van der Waals surface area (Å²) in [6.45, 7) is 5.92. The van der Waals surface area contributed by atoms with Crippen LogP contribution in [-0.4, -0.2) is 45.5 Å². The number of fused-ring (bicyclic) bond motifs is 1. The van der Waals surface area contributed by atoms with Gasteiger partial charge in [0.15, 0.2) is 11.5 Å². The predicted octanol–water partition coefficient (Wildman–Crippen LogP) is 1.11. The number of aromatic nitrogens is 4. The van der Waals surface area contributed by atoms with Gasteiger partial charge >= 0.3 is 0 Å². The second-order valence-electron chi connectivity index (χ2n) is 4.55. The molecule has 4 N–H and O–H groups in total. The molecule has 0 saturated heterocycles. The number of aromatic amines is 1. The average molecular weight is 291 g/mol. The van der Waals surface area contributed by atoms with E-state index in [1.807, 2.05) is 6.92 Å². The summed E-state index contributed by atoms with van der Waals surface area (Å²) in [4.78, 5) is 27.3. The number of imidazole rings is 1. The average Bonchev–Trinajstić information content (AvgIpc) is 2.94. The molecular weight excluding hydrogens is 270 g/mol. The number of nitrogens with zero attached hydrogens (tertiary/aromatic N) is 3. The van der Waals surface area contributed by atoms with Crippen molar-refractivity contribution < 1.29 is 4.79 Å². The summed E-state index contributed by atoms with van der Waals surface area (Å²) in [5.41, 5.74) is 1.34. The summed E-state index contributed by atoms with van der Waals surface area (Å²) < 4.78 is 0. The van der Waals surface area contributed by atoms with Crippen LogP contribution in [0.1, 0.15) is 26.7 Å². The molecule has 0 aliphatic rings. The standard InChI is InChI=1S/C13H21N7O/c1-3-6-16-13-19-11(10-12(20-13)18-8-17-10)15-7-5-9(21)14-4-2/h8H,3-7H2,1-2H3,(H,14,21)(H3,15,16,17,18,19,20). The number of H-pyrrole nitrogens is 1. The van der Waals surface area contributed by atoms with E-state index in [4.69, 9.17) is 0 Å². The molecule has 0 radical (unpaired) electrons. The van der Waals surface area contributed by atoms with Gasteiger partial charge in [0.2, 0.25) is 11.9 Å². The van der Waals surface area contributed by atoms with Gasteiger partial charge in [-0.3, -0.25) is 4.79 Å². The molecule has 0 atom stereocenters. The van der Waals surface area contributed by atoms with E-state index >= 15 is 0 Å². The molecule has 0 aliphatic heterocycles. The number of carbonyl (C=O) groups excluding carboxylic acids is 1. The SMILES string of the molecule is CCCNc1nc(NCCC(=O)NCC)c2[nH]cnc2n1. The minimum atomic E-state index is 0.0178. The highest BCUT2D eigenvalue weighted by Crippen LogP contribution is 2.18. The number of carbonyl (C=O) groups is 1. The lowest BCUT2D eigenvalue weighted by Gasteiger charge is -2.09. The van der Waals surface area contributed by atoms with E-state index in [1.165, 1.54) is 0 Å². The topological polar surface area (TPSA) is 108 Å². The first kappa shape index (κ1) is 15.0. The summed E-state index contributed by atoms with van der Waals surface area (Å²) in [5.74, 6) is 1.21. The molecule has 2 aromatic rings. The van der Waals surface area contributed by atoms with Crippen molar-refractivity contribution in [3.05, 3.63) is 6.33 Å². The largest absolute Gasteiger partial charge is 0.368 e. The molecule has 0 bridgehead atoms. The van der Waals surface area contributed by atoms with Gasteiger partial charge in [-0.25, -0.2) is 4.98 Å². The first-order valence-corrected chi connectivity index (χ1v) is 7.20. The molecule has 0 unspecified atom stereocenters. The Balaban J connectivity index is 2.06. The third-order valence-corrected chi connectivity index (χ3v) is 2.84. The number of amides is 1. The van der Waals surface area contributed by atoms with Gasteiger partial charge in [0.05, 0.1) is 6.33 Å². The molecule has 2 heterocycles. The number of hydrogen-bond donors (Lipinski definition) is 4. The van der Waals surface area contributed by atoms with Gasteiger partial charge in [-0.2, -0.15) is 9.97 Å². The van der Waals surface area contributed by atoms with Crippen LogP contribution < -0.4 is 16.0 Å². The monoisotopic (exact) mass is 291 g/mol. The van der Waals surface area contributed by atoms with Crippen LogP contribution in [0, 0.1) is 0 Å². The Morgan fingerprint density at radius 3 is 2.86 bits per heavy atom. The molecule has 0 aromatic carbocycles. The van der Waals surface area contributed by atoms with E-state index in [0.29, 0.717) is 36.9 Å². The molecule has 0 saturated carbocycles. The van der Waals surface area contributed by atoms with Gasteiger partial charge in [0, 0.05) is 26.1 Å². The highest BCUT2D eigenvalue weighted by atomic mass is 16.1. The summed E-state index contributed by atoms with van der Waals surface area (Å²) in [7, 11) is 0. The van der Waals surface area contributed by atoms with Crippen LogP contribution in [0.4, 0.5) is 11.8 Å². The summed E-state index contributed by atoms with van der Waals surface area (Å²) in [6, 6.07) is 0. The van der Waals surface area contributed by atoms with E-state index in [0.717, 1.165) is 18.5 Å². The van der Waals surface area contributed by atoms with Gasteiger partial charge in [-0.05, 0) is 13.3 Å². The summed E-state index contributed by atoms with van der Waals surface area (Å²) in [6.07, 6.45) is 2.96. The Hall–Kier alpha value is -2.38. The van der Waals surface area contributed by atoms with E-state index < -0.39 is 0 Å². The molecule has 21 heavy (non-hydrogen) atoms. The van der Waals surface area contributed by atoms with Crippen molar-refractivity contribution >= 4 is 28.8 Å². The van der Waals surface area contributed by atoms with Crippen molar-refractivity contribution in [2.45, 2.75) is 26.7 Å². The third kappa shape index (κ3) is 4.04. The Morgan fingerprint density at radius 1 is 1.24 bits per heavy atom. The van der Waals surface area contributed by atoms with Gasteiger partial charge < -0.3 is 20.9 Å². The lowest BCUT2D eigenvalue weighted by Crippen LogP contribution is -2.25. The molecule has 114 valence electrons. The first-order chi connectivity index (χ1) is 10.2. The maximum Gasteiger partial charge on any atom is 0.226 e. The molecule has 2 aromatic heterocycles. The smallest absolute Gasteiger partial charge is 0.226 e.